The molecule has 0 saturated carbocycles. The van der Waals surface area contributed by atoms with Crippen LogP contribution < -0.4 is 10.2 Å². The van der Waals surface area contributed by atoms with Gasteiger partial charge in [0.1, 0.15) is 16.6 Å². The zero-order chi connectivity index (χ0) is 26.5. The van der Waals surface area contributed by atoms with Gasteiger partial charge in [0.05, 0.1) is 22.6 Å². The number of hydrogen-bond acceptors (Lipinski definition) is 7. The number of fused-ring (bicyclic) bond motifs is 2. The van der Waals surface area contributed by atoms with Crippen LogP contribution in [0.15, 0.2) is 30.6 Å². The molecule has 1 aliphatic rings. The fourth-order valence-corrected chi connectivity index (χ4v) is 4.49. The van der Waals surface area contributed by atoms with Gasteiger partial charge < -0.3 is 24.3 Å². The number of halogens is 1. The Labute approximate surface area is 212 Å². The third-order valence-electron chi connectivity index (χ3n) is 6.13. The summed E-state index contributed by atoms with van der Waals surface area (Å²) in [7, 11) is 1.77. The number of amides is 2. The minimum atomic E-state index is -0.549. The molecule has 0 aliphatic carbocycles. The molecule has 1 aliphatic heterocycles. The summed E-state index contributed by atoms with van der Waals surface area (Å²) >= 11 is 0. The minimum absolute atomic E-state index is 0.197. The van der Waals surface area contributed by atoms with E-state index in [1.54, 1.807) is 42.0 Å². The Morgan fingerprint density at radius 1 is 1.11 bits per heavy atom. The molecule has 5 rings (SSSR count). The third-order valence-corrected chi connectivity index (χ3v) is 6.13. The van der Waals surface area contributed by atoms with Gasteiger partial charge in [-0.2, -0.15) is 0 Å². The van der Waals surface area contributed by atoms with E-state index in [0.717, 1.165) is 5.69 Å². The van der Waals surface area contributed by atoms with Crippen LogP contribution in [-0.4, -0.2) is 73.1 Å². The molecule has 1 saturated heterocycles. The summed E-state index contributed by atoms with van der Waals surface area (Å²) in [4.78, 5) is 33.6. The first kappa shape index (κ1) is 24.5. The van der Waals surface area contributed by atoms with Crippen LogP contribution in [0.4, 0.5) is 20.6 Å². The number of pyridine rings is 1. The molecular formula is C25H29FN8O3. The second-order valence-corrected chi connectivity index (χ2v) is 10.1. The van der Waals surface area contributed by atoms with Crippen LogP contribution >= 0.6 is 0 Å². The smallest absolute Gasteiger partial charge is 0.410 e. The van der Waals surface area contributed by atoms with E-state index in [-0.39, 0.29) is 11.7 Å². The molecule has 2 amide bonds. The number of hydrogen-bond donors (Lipinski definition) is 1. The van der Waals surface area contributed by atoms with Gasteiger partial charge in [0.2, 0.25) is 0 Å². The number of piperazine rings is 1. The molecule has 1 fully saturated rings. The van der Waals surface area contributed by atoms with E-state index >= 15 is 0 Å². The van der Waals surface area contributed by atoms with Gasteiger partial charge >= 0.3 is 6.09 Å². The highest BCUT2D eigenvalue weighted by Crippen LogP contribution is 2.30. The van der Waals surface area contributed by atoms with Crippen LogP contribution in [0.3, 0.4) is 0 Å². The summed E-state index contributed by atoms with van der Waals surface area (Å²) in [5.41, 5.74) is 2.94. The van der Waals surface area contributed by atoms with Crippen molar-refractivity contribution in [2.75, 3.05) is 36.4 Å². The molecule has 0 radical (unpaired) electrons. The molecule has 1 N–H and O–H groups in total. The number of carbonyl (C=O) groups is 2. The highest BCUT2D eigenvalue weighted by atomic mass is 19.1. The van der Waals surface area contributed by atoms with Crippen molar-refractivity contribution < 1.29 is 18.7 Å². The second kappa shape index (κ2) is 9.02. The zero-order valence-corrected chi connectivity index (χ0v) is 21.4. The van der Waals surface area contributed by atoms with Gasteiger partial charge in [-0.05, 0) is 39.8 Å². The Kier molecular flexibility index (Phi) is 5.97. The quantitative estimate of drug-likeness (QED) is 0.452. The maximum absolute atomic E-state index is 14.5. The number of anilines is 2. The minimum Gasteiger partial charge on any atom is -0.444 e. The lowest BCUT2D eigenvalue weighted by atomic mass is 10.1. The van der Waals surface area contributed by atoms with Crippen molar-refractivity contribution in [3.8, 4) is 0 Å². The largest absolute Gasteiger partial charge is 0.444 e. The van der Waals surface area contributed by atoms with Crippen molar-refractivity contribution in [1.29, 1.82) is 0 Å². The molecule has 37 heavy (non-hydrogen) atoms. The molecule has 12 heteroatoms. The highest BCUT2D eigenvalue weighted by Gasteiger charge is 2.28. The first-order valence-corrected chi connectivity index (χ1v) is 12.0. The van der Waals surface area contributed by atoms with Crippen LogP contribution in [0.1, 0.15) is 36.8 Å². The van der Waals surface area contributed by atoms with Crippen LogP contribution in [0, 0.1) is 12.7 Å². The number of aryl methyl sites for hydroxylation is 2. The summed E-state index contributed by atoms with van der Waals surface area (Å²) in [6.07, 6.45) is 2.97. The van der Waals surface area contributed by atoms with Gasteiger partial charge in [0.25, 0.3) is 5.91 Å². The van der Waals surface area contributed by atoms with Crippen molar-refractivity contribution >= 4 is 40.1 Å². The van der Waals surface area contributed by atoms with Crippen molar-refractivity contribution in [3.05, 3.63) is 47.7 Å². The lowest BCUT2D eigenvalue weighted by molar-refractivity contribution is 0.0240. The SMILES string of the molecule is Cc1cn2cc(NC(=O)c3ccc(N4CCN(C(=O)OC(C)(C)C)CC4)c4c3nnn4C)cc(F)c2n1. The average molecular weight is 509 g/mol. The van der Waals surface area contributed by atoms with Gasteiger partial charge in [-0.3, -0.25) is 4.79 Å². The van der Waals surface area contributed by atoms with E-state index in [2.05, 4.69) is 25.5 Å². The molecule has 4 heterocycles. The van der Waals surface area contributed by atoms with Gasteiger partial charge in [0.15, 0.2) is 11.5 Å². The van der Waals surface area contributed by atoms with Crippen molar-refractivity contribution in [1.82, 2.24) is 29.3 Å². The first-order chi connectivity index (χ1) is 17.5. The molecule has 3 aromatic heterocycles. The van der Waals surface area contributed by atoms with Crippen LogP contribution in [-0.2, 0) is 11.8 Å². The number of aromatic nitrogens is 5. The maximum Gasteiger partial charge on any atom is 0.410 e. The lowest BCUT2D eigenvalue weighted by Gasteiger charge is -2.37. The van der Waals surface area contributed by atoms with E-state index in [4.69, 9.17) is 4.74 Å². The molecule has 0 spiro atoms. The molecule has 4 aromatic rings. The number of ether oxygens (including phenoxy) is 1. The molecular weight excluding hydrogens is 479 g/mol. The molecule has 11 nitrogen and oxygen atoms in total. The Hall–Kier alpha value is -4.22. The normalized spacial score (nSPS) is 14.4. The van der Waals surface area contributed by atoms with E-state index in [0.29, 0.717) is 54.2 Å². The first-order valence-electron chi connectivity index (χ1n) is 12.0. The molecule has 0 unspecified atom stereocenters. The summed E-state index contributed by atoms with van der Waals surface area (Å²) in [5.74, 6) is -0.959. The zero-order valence-electron chi connectivity index (χ0n) is 21.4. The second-order valence-electron chi connectivity index (χ2n) is 10.1. The number of benzene rings is 1. The molecule has 1 aromatic carbocycles. The molecule has 0 atom stereocenters. The van der Waals surface area contributed by atoms with Crippen LogP contribution in [0.5, 0.6) is 0 Å². The third kappa shape index (κ3) is 4.78. The molecule has 194 valence electrons. The predicted octanol–water partition coefficient (Wildman–Crippen LogP) is 3.37. The number of rotatable bonds is 3. The maximum atomic E-state index is 14.5. The van der Waals surface area contributed by atoms with E-state index in [1.807, 2.05) is 26.8 Å². The van der Waals surface area contributed by atoms with E-state index < -0.39 is 17.3 Å². The van der Waals surface area contributed by atoms with Gasteiger partial charge in [-0.1, -0.05) is 5.21 Å². The van der Waals surface area contributed by atoms with Gasteiger partial charge in [-0.25, -0.2) is 18.9 Å². The van der Waals surface area contributed by atoms with Crippen molar-refractivity contribution in [2.24, 2.45) is 7.05 Å². The standard InChI is InChI=1S/C25H29FN8O3/c1-15-13-34-14-16(12-18(26)22(34)27-15)28-23(35)17-6-7-19(21-20(17)29-30-31(21)5)32-8-10-33(11-9-32)24(36)37-25(2,3)4/h6-7,12-14H,8-11H2,1-5H3,(H,28,35). The highest BCUT2D eigenvalue weighted by molar-refractivity contribution is 6.13. The summed E-state index contributed by atoms with van der Waals surface area (Å²) in [6.45, 7) is 9.50. The summed E-state index contributed by atoms with van der Waals surface area (Å²) < 4.78 is 23.1. The Morgan fingerprint density at radius 3 is 2.54 bits per heavy atom. The number of nitrogens with zero attached hydrogens (tertiary/aromatic N) is 7. The topological polar surface area (TPSA) is 110 Å². The van der Waals surface area contributed by atoms with Gasteiger partial charge in [-0.15, -0.1) is 5.10 Å². The van der Waals surface area contributed by atoms with E-state index in [1.165, 1.54) is 10.5 Å². The monoisotopic (exact) mass is 508 g/mol. The Balaban J connectivity index is 1.37. The van der Waals surface area contributed by atoms with Gasteiger partial charge in [0, 0.05) is 51.7 Å². The number of carbonyl (C=O) groups excluding carboxylic acids is 2. The lowest BCUT2D eigenvalue weighted by Crippen LogP contribution is -2.50. The Bertz CT molecular complexity index is 1510. The van der Waals surface area contributed by atoms with Crippen LogP contribution in [0.25, 0.3) is 16.7 Å². The summed E-state index contributed by atoms with van der Waals surface area (Å²) in [5, 5.41) is 11.1. The fourth-order valence-electron chi connectivity index (χ4n) is 4.49. The number of nitrogens with one attached hydrogen (secondary N) is 1. The average Bonchev–Trinajstić information content (AvgIpc) is 3.40. The predicted molar refractivity (Wildman–Crippen MR) is 136 cm³/mol. The molecule has 0 bridgehead atoms. The van der Waals surface area contributed by atoms with Crippen molar-refractivity contribution in [2.45, 2.75) is 33.3 Å². The van der Waals surface area contributed by atoms with Crippen molar-refractivity contribution in [3.63, 3.8) is 0 Å². The summed E-state index contributed by atoms with van der Waals surface area (Å²) in [6, 6.07) is 4.79. The number of imidazole rings is 1. The fraction of sp³-hybridized carbons (Fsp3) is 0.400. The Morgan fingerprint density at radius 2 is 1.84 bits per heavy atom. The van der Waals surface area contributed by atoms with Crippen LogP contribution in [0.2, 0.25) is 0 Å². The van der Waals surface area contributed by atoms with E-state index in [9.17, 15) is 14.0 Å².